The standard InChI is InChI=1S/C22H26O5/c1-14-11-12-17-16(13-14)8-6-10-19-20(27-22(3,4)26-19)18(23)9-5-7-15(2)25-21(17)24/h5-6,8-9,11-13,15,19-20H,7,10H2,1-4H3/b8-6+,9-5-/t15-,19-,20+/m0/s1. The van der Waals surface area contributed by atoms with E-state index < -0.39 is 11.9 Å². The SMILES string of the molecule is Cc1ccc2c(c1)/C=C/C[C@@H]1OC(C)(C)O[C@@H]1C(=O)/C=C\C[C@H](C)OC2=O. The molecule has 1 aromatic rings. The van der Waals surface area contributed by atoms with Gasteiger partial charge in [0.25, 0.3) is 0 Å². The number of ketones is 1. The summed E-state index contributed by atoms with van der Waals surface area (Å²) in [6.45, 7) is 7.40. The van der Waals surface area contributed by atoms with Crippen LogP contribution in [0.1, 0.15) is 55.1 Å². The molecule has 144 valence electrons. The van der Waals surface area contributed by atoms with E-state index in [0.29, 0.717) is 18.4 Å². The molecule has 3 rings (SSSR count). The van der Waals surface area contributed by atoms with Gasteiger partial charge in [-0.15, -0.1) is 0 Å². The van der Waals surface area contributed by atoms with Gasteiger partial charge in [0, 0.05) is 6.42 Å². The van der Waals surface area contributed by atoms with Crippen molar-refractivity contribution in [3.05, 3.63) is 53.1 Å². The molecule has 2 aliphatic heterocycles. The highest BCUT2D eigenvalue weighted by Crippen LogP contribution is 2.31. The minimum absolute atomic E-state index is 0.134. The molecule has 0 aliphatic carbocycles. The minimum Gasteiger partial charge on any atom is -0.459 e. The van der Waals surface area contributed by atoms with E-state index in [2.05, 4.69) is 0 Å². The number of esters is 1. The van der Waals surface area contributed by atoms with E-state index in [1.54, 1.807) is 12.1 Å². The van der Waals surface area contributed by atoms with Gasteiger partial charge in [-0.2, -0.15) is 0 Å². The predicted molar refractivity (Wildman–Crippen MR) is 102 cm³/mol. The van der Waals surface area contributed by atoms with Crippen molar-refractivity contribution in [3.8, 4) is 0 Å². The van der Waals surface area contributed by atoms with Crippen molar-refractivity contribution in [2.75, 3.05) is 0 Å². The maximum atomic E-state index is 12.5. The number of hydrogen-bond donors (Lipinski definition) is 0. The molecule has 3 atom stereocenters. The number of ether oxygens (including phenoxy) is 3. The molecule has 5 heteroatoms. The fourth-order valence-electron chi connectivity index (χ4n) is 3.35. The second-order valence-corrected chi connectivity index (χ2v) is 7.58. The van der Waals surface area contributed by atoms with Crippen LogP contribution in [0.4, 0.5) is 0 Å². The monoisotopic (exact) mass is 370 g/mol. The number of carbonyl (C=O) groups is 2. The summed E-state index contributed by atoms with van der Waals surface area (Å²) >= 11 is 0. The first-order chi connectivity index (χ1) is 12.7. The van der Waals surface area contributed by atoms with Crippen LogP contribution in [0.25, 0.3) is 6.08 Å². The maximum absolute atomic E-state index is 12.5. The molecular formula is C22H26O5. The Morgan fingerprint density at radius 1 is 1.04 bits per heavy atom. The van der Waals surface area contributed by atoms with E-state index in [1.807, 2.05) is 52.0 Å². The van der Waals surface area contributed by atoms with Gasteiger partial charge in [0.05, 0.1) is 11.7 Å². The van der Waals surface area contributed by atoms with Crippen molar-refractivity contribution in [1.82, 2.24) is 0 Å². The van der Waals surface area contributed by atoms with Crippen molar-refractivity contribution in [3.63, 3.8) is 0 Å². The Kier molecular flexibility index (Phi) is 5.63. The molecule has 1 aromatic carbocycles. The molecule has 0 bridgehead atoms. The third-order valence-electron chi connectivity index (χ3n) is 4.62. The zero-order valence-electron chi connectivity index (χ0n) is 16.2. The fourth-order valence-corrected chi connectivity index (χ4v) is 3.35. The van der Waals surface area contributed by atoms with Crippen LogP contribution in [0, 0.1) is 6.92 Å². The molecule has 0 saturated carbocycles. The van der Waals surface area contributed by atoms with Crippen LogP contribution < -0.4 is 0 Å². The first-order valence-corrected chi connectivity index (χ1v) is 9.29. The van der Waals surface area contributed by atoms with E-state index in [9.17, 15) is 9.59 Å². The highest BCUT2D eigenvalue weighted by molar-refractivity contribution is 5.95. The largest absolute Gasteiger partial charge is 0.459 e. The van der Waals surface area contributed by atoms with Crippen LogP contribution in [0.15, 0.2) is 36.4 Å². The van der Waals surface area contributed by atoms with E-state index in [1.165, 1.54) is 6.08 Å². The zero-order chi connectivity index (χ0) is 19.6. The Labute approximate surface area is 160 Å². The molecular weight excluding hydrogens is 344 g/mol. The van der Waals surface area contributed by atoms with E-state index in [-0.39, 0.29) is 24.0 Å². The summed E-state index contributed by atoms with van der Waals surface area (Å²) in [5.74, 6) is -1.30. The number of benzene rings is 1. The lowest BCUT2D eigenvalue weighted by Crippen LogP contribution is -2.30. The highest BCUT2D eigenvalue weighted by atomic mass is 16.8. The first-order valence-electron chi connectivity index (χ1n) is 9.29. The molecule has 0 unspecified atom stereocenters. The van der Waals surface area contributed by atoms with Crippen molar-refractivity contribution >= 4 is 17.8 Å². The van der Waals surface area contributed by atoms with Crippen LogP contribution in [-0.2, 0) is 19.0 Å². The normalized spacial score (nSPS) is 30.6. The molecule has 0 amide bonds. The van der Waals surface area contributed by atoms with Gasteiger partial charge in [-0.3, -0.25) is 4.79 Å². The smallest absolute Gasteiger partial charge is 0.339 e. The molecule has 0 spiro atoms. The average molecular weight is 370 g/mol. The summed E-state index contributed by atoms with van der Waals surface area (Å²) in [4.78, 5) is 25.1. The van der Waals surface area contributed by atoms with Crippen LogP contribution in [0.5, 0.6) is 0 Å². The Bertz CT molecular complexity index is 790. The summed E-state index contributed by atoms with van der Waals surface area (Å²) in [6.07, 6.45) is 6.64. The van der Waals surface area contributed by atoms with Gasteiger partial charge in [0.15, 0.2) is 11.6 Å². The molecule has 1 saturated heterocycles. The Balaban J connectivity index is 1.95. The van der Waals surface area contributed by atoms with Crippen molar-refractivity contribution < 1.29 is 23.8 Å². The van der Waals surface area contributed by atoms with E-state index in [4.69, 9.17) is 14.2 Å². The van der Waals surface area contributed by atoms with E-state index >= 15 is 0 Å². The topological polar surface area (TPSA) is 61.8 Å². The summed E-state index contributed by atoms with van der Waals surface area (Å²) in [7, 11) is 0. The minimum atomic E-state index is -0.804. The molecule has 1 fully saturated rings. The lowest BCUT2D eigenvalue weighted by molar-refractivity contribution is -0.152. The molecule has 27 heavy (non-hydrogen) atoms. The third-order valence-corrected chi connectivity index (χ3v) is 4.62. The van der Waals surface area contributed by atoms with Gasteiger partial charge in [-0.25, -0.2) is 4.79 Å². The van der Waals surface area contributed by atoms with Gasteiger partial charge < -0.3 is 14.2 Å². The number of carbonyl (C=O) groups excluding carboxylic acids is 2. The fraction of sp³-hybridized carbons (Fsp3) is 0.455. The molecule has 2 aliphatic rings. The van der Waals surface area contributed by atoms with Crippen molar-refractivity contribution in [2.24, 2.45) is 0 Å². The summed E-state index contributed by atoms with van der Waals surface area (Å²) < 4.78 is 17.3. The molecule has 2 heterocycles. The second-order valence-electron chi connectivity index (χ2n) is 7.58. The number of fused-ring (bicyclic) bond motifs is 2. The molecule has 0 N–H and O–H groups in total. The van der Waals surface area contributed by atoms with Gasteiger partial charge >= 0.3 is 5.97 Å². The van der Waals surface area contributed by atoms with Gasteiger partial charge in [-0.05, 0) is 51.8 Å². The summed E-state index contributed by atoms with van der Waals surface area (Å²) in [5, 5.41) is 0. The van der Waals surface area contributed by atoms with Crippen LogP contribution in [0.3, 0.4) is 0 Å². The summed E-state index contributed by atoms with van der Waals surface area (Å²) in [5.41, 5.74) is 2.38. The Hall–Kier alpha value is -2.24. The number of aryl methyl sites for hydroxylation is 1. The Morgan fingerprint density at radius 3 is 2.56 bits per heavy atom. The van der Waals surface area contributed by atoms with Crippen LogP contribution >= 0.6 is 0 Å². The van der Waals surface area contributed by atoms with Gasteiger partial charge in [-0.1, -0.05) is 35.9 Å². The zero-order valence-corrected chi connectivity index (χ0v) is 16.2. The van der Waals surface area contributed by atoms with Gasteiger partial charge in [0.1, 0.15) is 12.2 Å². The molecule has 0 aromatic heterocycles. The van der Waals surface area contributed by atoms with Crippen LogP contribution in [0.2, 0.25) is 0 Å². The van der Waals surface area contributed by atoms with E-state index in [0.717, 1.165) is 11.1 Å². The number of hydrogen-bond acceptors (Lipinski definition) is 5. The first kappa shape index (κ1) is 19.5. The lowest BCUT2D eigenvalue weighted by Gasteiger charge is -2.16. The molecule has 0 radical (unpaired) electrons. The van der Waals surface area contributed by atoms with Crippen LogP contribution in [-0.4, -0.2) is 35.9 Å². The number of rotatable bonds is 0. The van der Waals surface area contributed by atoms with Crippen molar-refractivity contribution in [1.29, 1.82) is 0 Å². The molecule has 5 nitrogen and oxygen atoms in total. The Morgan fingerprint density at radius 2 is 1.78 bits per heavy atom. The van der Waals surface area contributed by atoms with Crippen molar-refractivity contribution in [2.45, 2.75) is 64.6 Å². The second kappa shape index (κ2) is 7.79. The highest BCUT2D eigenvalue weighted by Gasteiger charge is 2.43. The number of cyclic esters (lactones) is 1. The maximum Gasteiger partial charge on any atom is 0.339 e. The quantitative estimate of drug-likeness (QED) is 0.646. The predicted octanol–water partition coefficient (Wildman–Crippen LogP) is 3.99. The summed E-state index contributed by atoms with van der Waals surface area (Å²) in [6, 6.07) is 5.63. The lowest BCUT2D eigenvalue weighted by atomic mass is 10.0. The average Bonchev–Trinajstić information content (AvgIpc) is 2.89. The van der Waals surface area contributed by atoms with Gasteiger partial charge in [0.2, 0.25) is 0 Å². The third kappa shape index (κ3) is 4.73.